The fourth-order valence-electron chi connectivity index (χ4n) is 2.16. The first-order chi connectivity index (χ1) is 8.18. The quantitative estimate of drug-likeness (QED) is 0.825. The van der Waals surface area contributed by atoms with E-state index in [1.165, 1.54) is 6.26 Å². The number of amides is 1. The fourth-order valence-corrected chi connectivity index (χ4v) is 2.58. The Bertz CT molecular complexity index is 391. The van der Waals surface area contributed by atoms with Crippen molar-refractivity contribution in [3.8, 4) is 0 Å². The zero-order valence-electron chi connectivity index (χ0n) is 9.49. The van der Waals surface area contributed by atoms with Crippen LogP contribution >= 0.6 is 15.9 Å². The molecule has 1 aliphatic carbocycles. The number of rotatable bonds is 2. The van der Waals surface area contributed by atoms with Crippen LogP contribution in [0.15, 0.2) is 21.4 Å². The molecule has 1 saturated carbocycles. The van der Waals surface area contributed by atoms with E-state index in [4.69, 9.17) is 4.42 Å². The van der Waals surface area contributed by atoms with Gasteiger partial charge in [-0.2, -0.15) is 0 Å². The summed E-state index contributed by atoms with van der Waals surface area (Å²) in [5.41, 5.74) is 0.474. The van der Waals surface area contributed by atoms with E-state index >= 15 is 0 Å². The summed E-state index contributed by atoms with van der Waals surface area (Å²) in [5, 5.41) is 12.8. The maximum absolute atomic E-state index is 11.9. The lowest BCUT2D eigenvalue weighted by atomic mass is 10.1. The smallest absolute Gasteiger partial charge is 0.256 e. The lowest BCUT2D eigenvalue weighted by molar-refractivity contribution is 0.0817. The summed E-state index contributed by atoms with van der Waals surface area (Å²) in [6.45, 7) is 0. The SMILES string of the molecule is O=C(NC1CCCCCC1O)c1ccoc1Br. The highest BCUT2D eigenvalue weighted by Crippen LogP contribution is 2.21. The van der Waals surface area contributed by atoms with Crippen LogP contribution in [-0.2, 0) is 0 Å². The third kappa shape index (κ3) is 3.10. The molecule has 94 valence electrons. The maximum atomic E-state index is 11.9. The van der Waals surface area contributed by atoms with Crippen LogP contribution in [0.4, 0.5) is 0 Å². The van der Waals surface area contributed by atoms with Crippen molar-refractivity contribution in [3.05, 3.63) is 22.6 Å². The monoisotopic (exact) mass is 301 g/mol. The molecule has 0 saturated heterocycles. The minimum atomic E-state index is -0.438. The van der Waals surface area contributed by atoms with Crippen LogP contribution in [-0.4, -0.2) is 23.2 Å². The van der Waals surface area contributed by atoms with E-state index in [-0.39, 0.29) is 11.9 Å². The Morgan fingerprint density at radius 2 is 2.18 bits per heavy atom. The molecule has 2 rings (SSSR count). The summed E-state index contributed by atoms with van der Waals surface area (Å²) in [6, 6.07) is 1.47. The number of hydrogen-bond donors (Lipinski definition) is 2. The van der Waals surface area contributed by atoms with Crippen molar-refractivity contribution in [3.63, 3.8) is 0 Å². The van der Waals surface area contributed by atoms with Gasteiger partial charge in [-0.25, -0.2) is 0 Å². The lowest BCUT2D eigenvalue weighted by Gasteiger charge is -2.21. The first-order valence-electron chi connectivity index (χ1n) is 5.90. The third-order valence-electron chi connectivity index (χ3n) is 3.16. The highest BCUT2D eigenvalue weighted by atomic mass is 79.9. The summed E-state index contributed by atoms with van der Waals surface area (Å²) >= 11 is 3.17. The van der Waals surface area contributed by atoms with Crippen LogP contribution in [0.3, 0.4) is 0 Å². The Labute approximate surface area is 109 Å². The average Bonchev–Trinajstić information content (AvgIpc) is 2.63. The van der Waals surface area contributed by atoms with Gasteiger partial charge < -0.3 is 14.8 Å². The molecule has 4 nitrogen and oxygen atoms in total. The van der Waals surface area contributed by atoms with Gasteiger partial charge in [-0.3, -0.25) is 4.79 Å². The highest BCUT2D eigenvalue weighted by molar-refractivity contribution is 9.10. The number of hydrogen-bond acceptors (Lipinski definition) is 3. The Morgan fingerprint density at radius 1 is 1.41 bits per heavy atom. The normalized spacial score (nSPS) is 25.3. The van der Waals surface area contributed by atoms with E-state index in [2.05, 4.69) is 21.2 Å². The van der Waals surface area contributed by atoms with E-state index in [1.807, 2.05) is 0 Å². The number of nitrogens with one attached hydrogen (secondary N) is 1. The number of furan rings is 1. The molecule has 0 radical (unpaired) electrons. The standard InChI is InChI=1S/C12H16BrNO3/c13-11-8(6-7-17-11)12(16)14-9-4-2-1-3-5-10(9)15/h6-7,9-10,15H,1-5H2,(H,14,16). The molecule has 2 unspecified atom stereocenters. The van der Waals surface area contributed by atoms with Gasteiger partial charge in [0.05, 0.1) is 24.0 Å². The van der Waals surface area contributed by atoms with Gasteiger partial charge in [0.2, 0.25) is 0 Å². The van der Waals surface area contributed by atoms with Gasteiger partial charge in [0.1, 0.15) is 0 Å². The van der Waals surface area contributed by atoms with E-state index in [1.54, 1.807) is 6.07 Å². The van der Waals surface area contributed by atoms with Crippen molar-refractivity contribution >= 4 is 21.8 Å². The molecular weight excluding hydrogens is 286 g/mol. The largest absolute Gasteiger partial charge is 0.457 e. The molecule has 1 aromatic rings. The Hall–Kier alpha value is -0.810. The maximum Gasteiger partial charge on any atom is 0.256 e. The van der Waals surface area contributed by atoms with E-state index in [0.717, 1.165) is 32.1 Å². The first kappa shape index (κ1) is 12.6. The Morgan fingerprint density at radius 3 is 2.88 bits per heavy atom. The topological polar surface area (TPSA) is 62.5 Å². The van der Waals surface area contributed by atoms with Gasteiger partial charge in [0.15, 0.2) is 4.67 Å². The van der Waals surface area contributed by atoms with Crippen molar-refractivity contribution < 1.29 is 14.3 Å². The van der Waals surface area contributed by atoms with E-state index in [0.29, 0.717) is 10.2 Å². The van der Waals surface area contributed by atoms with E-state index in [9.17, 15) is 9.90 Å². The summed E-state index contributed by atoms with van der Waals surface area (Å²) in [4.78, 5) is 11.9. The molecule has 1 fully saturated rings. The van der Waals surface area contributed by atoms with Crippen molar-refractivity contribution in [2.24, 2.45) is 0 Å². The van der Waals surface area contributed by atoms with E-state index < -0.39 is 6.10 Å². The Kier molecular flexibility index (Phi) is 4.23. The van der Waals surface area contributed by atoms with Gasteiger partial charge in [0.25, 0.3) is 5.91 Å². The van der Waals surface area contributed by atoms with Gasteiger partial charge in [-0.1, -0.05) is 19.3 Å². The predicted molar refractivity (Wildman–Crippen MR) is 66.8 cm³/mol. The fraction of sp³-hybridized carbons (Fsp3) is 0.583. The zero-order chi connectivity index (χ0) is 12.3. The number of halogens is 1. The molecule has 2 atom stereocenters. The highest BCUT2D eigenvalue weighted by Gasteiger charge is 2.24. The molecule has 1 heterocycles. The van der Waals surface area contributed by atoms with Crippen molar-refractivity contribution in [2.45, 2.75) is 44.2 Å². The number of carbonyl (C=O) groups is 1. The number of aliphatic hydroxyl groups excluding tert-OH is 1. The third-order valence-corrected chi connectivity index (χ3v) is 3.77. The summed E-state index contributed by atoms with van der Waals surface area (Å²) < 4.78 is 5.45. The van der Waals surface area contributed by atoms with Crippen molar-refractivity contribution in [2.75, 3.05) is 0 Å². The van der Waals surface area contributed by atoms with Gasteiger partial charge in [0, 0.05) is 0 Å². The molecule has 1 aliphatic rings. The molecule has 1 amide bonds. The molecule has 0 bridgehead atoms. The van der Waals surface area contributed by atoms with Crippen molar-refractivity contribution in [1.82, 2.24) is 5.32 Å². The van der Waals surface area contributed by atoms with Crippen LogP contribution in [0.5, 0.6) is 0 Å². The molecular formula is C12H16BrNO3. The second-order valence-corrected chi connectivity index (χ2v) is 5.11. The molecule has 0 aromatic carbocycles. The summed E-state index contributed by atoms with van der Waals surface area (Å²) in [5.74, 6) is -0.198. The molecule has 0 spiro atoms. The van der Waals surface area contributed by atoms with Crippen LogP contribution < -0.4 is 5.32 Å². The molecule has 0 aliphatic heterocycles. The molecule has 17 heavy (non-hydrogen) atoms. The average molecular weight is 302 g/mol. The minimum absolute atomic E-state index is 0.146. The molecule has 5 heteroatoms. The van der Waals surface area contributed by atoms with Gasteiger partial charge in [-0.05, 0) is 34.8 Å². The van der Waals surface area contributed by atoms with Gasteiger partial charge in [-0.15, -0.1) is 0 Å². The number of aliphatic hydroxyl groups is 1. The second kappa shape index (κ2) is 5.69. The minimum Gasteiger partial charge on any atom is -0.457 e. The Balaban J connectivity index is 2.00. The summed E-state index contributed by atoms with van der Waals surface area (Å²) in [6.07, 6.45) is 5.82. The second-order valence-electron chi connectivity index (χ2n) is 4.39. The van der Waals surface area contributed by atoms with Crippen LogP contribution in [0.1, 0.15) is 42.5 Å². The lowest BCUT2D eigenvalue weighted by Crippen LogP contribution is -2.42. The predicted octanol–water partition coefficient (Wildman–Crippen LogP) is 2.47. The van der Waals surface area contributed by atoms with Crippen LogP contribution in [0.25, 0.3) is 0 Å². The number of carbonyl (C=O) groups excluding carboxylic acids is 1. The van der Waals surface area contributed by atoms with Gasteiger partial charge >= 0.3 is 0 Å². The summed E-state index contributed by atoms with van der Waals surface area (Å²) in [7, 11) is 0. The van der Waals surface area contributed by atoms with Crippen molar-refractivity contribution in [1.29, 1.82) is 0 Å². The molecule has 2 N–H and O–H groups in total. The zero-order valence-corrected chi connectivity index (χ0v) is 11.1. The first-order valence-corrected chi connectivity index (χ1v) is 6.69. The van der Waals surface area contributed by atoms with Crippen LogP contribution in [0.2, 0.25) is 0 Å². The van der Waals surface area contributed by atoms with Crippen LogP contribution in [0, 0.1) is 0 Å². The molecule has 1 aromatic heterocycles.